The van der Waals surface area contributed by atoms with E-state index in [1.54, 1.807) is 0 Å². The van der Waals surface area contributed by atoms with Gasteiger partial charge in [-0.15, -0.1) is 11.3 Å². The number of halogens is 1. The molecule has 1 aromatic rings. The second-order valence-corrected chi connectivity index (χ2v) is 7.83. The normalized spacial score (nSPS) is 25.4. The zero-order valence-corrected chi connectivity index (χ0v) is 14.5. The zero-order valence-electron chi connectivity index (χ0n) is 12.1. The number of thiophene rings is 1. The average molecular weight is 344 g/mol. The molecular weight excluding hydrogens is 318 g/mol. The maximum absolute atomic E-state index is 3.81. The summed E-state index contributed by atoms with van der Waals surface area (Å²) < 4.78 is 1.30. The van der Waals surface area contributed by atoms with Crippen LogP contribution in [0.25, 0.3) is 0 Å². The highest BCUT2D eigenvalue weighted by atomic mass is 79.9. The second kappa shape index (κ2) is 7.80. The molecule has 0 aromatic carbocycles. The van der Waals surface area contributed by atoms with Gasteiger partial charge in [0.1, 0.15) is 0 Å². The van der Waals surface area contributed by atoms with Gasteiger partial charge >= 0.3 is 0 Å². The summed E-state index contributed by atoms with van der Waals surface area (Å²) in [4.78, 5) is 1.51. The van der Waals surface area contributed by atoms with Crippen LogP contribution in [-0.2, 0) is 6.42 Å². The van der Waals surface area contributed by atoms with Gasteiger partial charge in [0.05, 0.1) is 0 Å². The van der Waals surface area contributed by atoms with E-state index in [1.165, 1.54) is 47.9 Å². The van der Waals surface area contributed by atoms with E-state index >= 15 is 0 Å². The Balaban J connectivity index is 1.97. The van der Waals surface area contributed by atoms with Gasteiger partial charge < -0.3 is 5.32 Å². The lowest BCUT2D eigenvalue weighted by Gasteiger charge is -2.33. The number of nitrogens with one attached hydrogen (secondary N) is 1. The molecule has 0 bridgehead atoms. The van der Waals surface area contributed by atoms with Crippen molar-refractivity contribution in [3.05, 3.63) is 20.8 Å². The topological polar surface area (TPSA) is 12.0 Å². The molecule has 1 saturated carbocycles. The summed E-state index contributed by atoms with van der Waals surface area (Å²) in [5.74, 6) is 1.81. The van der Waals surface area contributed by atoms with Crippen LogP contribution in [-0.4, -0.2) is 12.6 Å². The Labute approximate surface area is 130 Å². The Hall–Kier alpha value is 0.140. The van der Waals surface area contributed by atoms with Crippen molar-refractivity contribution in [2.75, 3.05) is 6.54 Å². The van der Waals surface area contributed by atoms with Gasteiger partial charge in [-0.05, 0) is 71.4 Å². The molecule has 0 spiro atoms. The second-order valence-electron chi connectivity index (χ2n) is 5.98. The van der Waals surface area contributed by atoms with Gasteiger partial charge in [-0.1, -0.05) is 26.7 Å². The summed E-state index contributed by atoms with van der Waals surface area (Å²) in [6, 6.07) is 2.85. The Morgan fingerprint density at radius 1 is 1.37 bits per heavy atom. The Morgan fingerprint density at radius 3 is 2.68 bits per heavy atom. The summed E-state index contributed by atoms with van der Waals surface area (Å²) >= 11 is 5.57. The van der Waals surface area contributed by atoms with Crippen LogP contribution in [0.2, 0.25) is 0 Å². The van der Waals surface area contributed by atoms with Crippen molar-refractivity contribution in [2.45, 2.75) is 58.4 Å². The van der Waals surface area contributed by atoms with E-state index in [0.717, 1.165) is 18.4 Å². The molecule has 0 aliphatic heterocycles. The smallest absolute Gasteiger partial charge is 0.0314 e. The minimum absolute atomic E-state index is 0.669. The van der Waals surface area contributed by atoms with Gasteiger partial charge in [0.2, 0.25) is 0 Å². The predicted octanol–water partition coefficient (Wildman–Crippen LogP) is 5.25. The highest BCUT2D eigenvalue weighted by Crippen LogP contribution is 2.33. The molecular formula is C16H26BrNS. The molecule has 19 heavy (non-hydrogen) atoms. The predicted molar refractivity (Wildman–Crippen MR) is 88.9 cm³/mol. The number of rotatable bonds is 6. The van der Waals surface area contributed by atoms with Crippen molar-refractivity contribution < 1.29 is 0 Å². The van der Waals surface area contributed by atoms with Gasteiger partial charge in [-0.3, -0.25) is 0 Å². The van der Waals surface area contributed by atoms with Crippen molar-refractivity contribution in [3.63, 3.8) is 0 Å². The highest BCUT2D eigenvalue weighted by molar-refractivity contribution is 9.10. The third-order valence-corrected chi connectivity index (χ3v) is 6.33. The van der Waals surface area contributed by atoms with Crippen LogP contribution in [0.1, 0.15) is 50.8 Å². The first kappa shape index (κ1) is 15.5. The standard InChI is InChI=1S/C16H26BrNS/c1-3-9-18-15(11-16-14(17)8-10-19-16)13-6-4-12(2)5-7-13/h8,10,12-13,15,18H,3-7,9,11H2,1-2H3. The van der Waals surface area contributed by atoms with E-state index in [2.05, 4.69) is 46.5 Å². The van der Waals surface area contributed by atoms with Crippen molar-refractivity contribution in [2.24, 2.45) is 11.8 Å². The van der Waals surface area contributed by atoms with Crippen LogP contribution < -0.4 is 5.32 Å². The maximum Gasteiger partial charge on any atom is 0.0314 e. The zero-order chi connectivity index (χ0) is 13.7. The molecule has 1 atom stereocenters. The van der Waals surface area contributed by atoms with Crippen molar-refractivity contribution in [1.29, 1.82) is 0 Å². The Morgan fingerprint density at radius 2 is 2.11 bits per heavy atom. The molecule has 1 aromatic heterocycles. The van der Waals surface area contributed by atoms with Crippen LogP contribution in [0.5, 0.6) is 0 Å². The lowest BCUT2D eigenvalue weighted by molar-refractivity contribution is 0.229. The Kier molecular flexibility index (Phi) is 6.37. The molecule has 0 radical (unpaired) electrons. The number of hydrogen-bond acceptors (Lipinski definition) is 2. The van der Waals surface area contributed by atoms with Crippen LogP contribution in [0.4, 0.5) is 0 Å². The summed E-state index contributed by atoms with van der Waals surface area (Å²) in [7, 11) is 0. The summed E-state index contributed by atoms with van der Waals surface area (Å²) in [5.41, 5.74) is 0. The van der Waals surface area contributed by atoms with Gasteiger partial charge in [-0.25, -0.2) is 0 Å². The summed E-state index contributed by atoms with van der Waals surface area (Å²) in [6.07, 6.45) is 8.07. The molecule has 1 unspecified atom stereocenters. The number of hydrogen-bond donors (Lipinski definition) is 1. The Bertz CT molecular complexity index is 369. The van der Waals surface area contributed by atoms with Crippen LogP contribution in [0, 0.1) is 11.8 Å². The van der Waals surface area contributed by atoms with E-state index < -0.39 is 0 Å². The summed E-state index contributed by atoms with van der Waals surface area (Å²) in [5, 5.41) is 6.00. The first-order chi connectivity index (χ1) is 9.20. The molecule has 1 heterocycles. The molecule has 2 rings (SSSR count). The van der Waals surface area contributed by atoms with E-state index in [0.29, 0.717) is 6.04 Å². The van der Waals surface area contributed by atoms with Gasteiger partial charge in [0.25, 0.3) is 0 Å². The minimum Gasteiger partial charge on any atom is -0.313 e. The van der Waals surface area contributed by atoms with E-state index in [4.69, 9.17) is 0 Å². The van der Waals surface area contributed by atoms with E-state index in [1.807, 2.05) is 11.3 Å². The SMILES string of the molecule is CCCNC(Cc1sccc1Br)C1CCC(C)CC1. The fourth-order valence-corrected chi connectivity index (χ4v) is 4.67. The van der Waals surface area contributed by atoms with E-state index in [9.17, 15) is 0 Å². The molecule has 108 valence electrons. The van der Waals surface area contributed by atoms with Gasteiger partial charge in [-0.2, -0.15) is 0 Å². The molecule has 1 fully saturated rings. The van der Waals surface area contributed by atoms with Crippen molar-refractivity contribution >= 4 is 27.3 Å². The van der Waals surface area contributed by atoms with Gasteiger partial charge in [0.15, 0.2) is 0 Å². The third-order valence-electron chi connectivity index (χ3n) is 4.38. The molecule has 0 saturated heterocycles. The molecule has 1 aliphatic rings. The fourth-order valence-electron chi connectivity index (χ4n) is 3.09. The largest absolute Gasteiger partial charge is 0.313 e. The highest BCUT2D eigenvalue weighted by Gasteiger charge is 2.26. The third kappa shape index (κ3) is 4.57. The van der Waals surface area contributed by atoms with Gasteiger partial charge in [0, 0.05) is 15.4 Å². The van der Waals surface area contributed by atoms with Crippen LogP contribution >= 0.6 is 27.3 Å². The average Bonchev–Trinajstić information content (AvgIpc) is 2.81. The fraction of sp³-hybridized carbons (Fsp3) is 0.750. The monoisotopic (exact) mass is 343 g/mol. The first-order valence-electron chi connectivity index (χ1n) is 7.66. The van der Waals surface area contributed by atoms with Crippen LogP contribution in [0.3, 0.4) is 0 Å². The lowest BCUT2D eigenvalue weighted by atomic mass is 9.78. The molecule has 1 N–H and O–H groups in total. The molecule has 1 nitrogen and oxygen atoms in total. The van der Waals surface area contributed by atoms with Crippen molar-refractivity contribution in [3.8, 4) is 0 Å². The molecule has 0 amide bonds. The lowest BCUT2D eigenvalue weighted by Crippen LogP contribution is -2.40. The maximum atomic E-state index is 3.81. The minimum atomic E-state index is 0.669. The van der Waals surface area contributed by atoms with Crippen LogP contribution in [0.15, 0.2) is 15.9 Å². The molecule has 3 heteroatoms. The summed E-state index contributed by atoms with van der Waals surface area (Å²) in [6.45, 7) is 5.81. The molecule has 1 aliphatic carbocycles. The first-order valence-corrected chi connectivity index (χ1v) is 9.33. The van der Waals surface area contributed by atoms with E-state index in [-0.39, 0.29) is 0 Å². The van der Waals surface area contributed by atoms with Crippen molar-refractivity contribution in [1.82, 2.24) is 5.32 Å². The quantitative estimate of drug-likeness (QED) is 0.743.